The minimum absolute atomic E-state index is 0.247. The van der Waals surface area contributed by atoms with Gasteiger partial charge in [0.2, 0.25) is 11.8 Å². The predicted octanol–water partition coefficient (Wildman–Crippen LogP) is -0.185. The second-order valence-electron chi connectivity index (χ2n) is 2.12. The Balaban J connectivity index is 3.73. The van der Waals surface area contributed by atoms with Crippen molar-refractivity contribution in [2.45, 2.75) is 13.8 Å². The maximum atomic E-state index is 10.8. The van der Waals surface area contributed by atoms with Gasteiger partial charge in [-0.25, -0.2) is 0 Å². The molecule has 12 heavy (non-hydrogen) atoms. The lowest BCUT2D eigenvalue weighted by molar-refractivity contribution is -0.118. The van der Waals surface area contributed by atoms with Crippen molar-refractivity contribution in [3.63, 3.8) is 0 Å². The molecule has 0 heterocycles. The quantitative estimate of drug-likeness (QED) is 0.575. The third kappa shape index (κ3) is 5.46. The molecule has 0 radical (unpaired) electrons. The summed E-state index contributed by atoms with van der Waals surface area (Å²) >= 11 is 0. The molecular formula is C8H14N2O2. The molecule has 0 aromatic rings. The molecule has 2 amide bonds. The largest absolute Gasteiger partial charge is 0.353 e. The van der Waals surface area contributed by atoms with Crippen LogP contribution in [0.3, 0.4) is 0 Å². The summed E-state index contributed by atoms with van der Waals surface area (Å²) in [5, 5.41) is 5.07. The van der Waals surface area contributed by atoms with Gasteiger partial charge in [-0.2, -0.15) is 0 Å². The fourth-order valence-electron chi connectivity index (χ4n) is 0.618. The number of carbonyl (C=O) groups excluding carboxylic acids is 2. The van der Waals surface area contributed by atoms with Crippen LogP contribution < -0.4 is 10.6 Å². The van der Waals surface area contributed by atoms with Crippen molar-refractivity contribution >= 4 is 11.8 Å². The number of hydrogen-bond acceptors (Lipinski definition) is 2. The molecule has 68 valence electrons. The first-order valence-electron chi connectivity index (χ1n) is 3.94. The van der Waals surface area contributed by atoms with Crippen LogP contribution in [0, 0.1) is 0 Å². The van der Waals surface area contributed by atoms with E-state index in [1.54, 1.807) is 0 Å². The van der Waals surface area contributed by atoms with Crippen LogP contribution in [-0.4, -0.2) is 24.9 Å². The van der Waals surface area contributed by atoms with E-state index in [1.807, 2.05) is 13.8 Å². The maximum absolute atomic E-state index is 10.8. The summed E-state index contributed by atoms with van der Waals surface area (Å²) < 4.78 is 0. The molecule has 0 fully saturated rings. The van der Waals surface area contributed by atoms with E-state index in [1.165, 1.54) is 12.2 Å². The van der Waals surface area contributed by atoms with Gasteiger partial charge in [0.1, 0.15) is 0 Å². The van der Waals surface area contributed by atoms with Crippen molar-refractivity contribution in [2.24, 2.45) is 0 Å². The Morgan fingerprint density at radius 2 is 1.33 bits per heavy atom. The van der Waals surface area contributed by atoms with Gasteiger partial charge in [0.15, 0.2) is 0 Å². The van der Waals surface area contributed by atoms with Crippen LogP contribution in [0.4, 0.5) is 0 Å². The Labute approximate surface area is 72.0 Å². The predicted molar refractivity (Wildman–Crippen MR) is 46.5 cm³/mol. The summed E-state index contributed by atoms with van der Waals surface area (Å²) in [7, 11) is 0. The Kier molecular flexibility index (Phi) is 5.69. The van der Waals surface area contributed by atoms with Crippen molar-refractivity contribution in [1.82, 2.24) is 10.6 Å². The Bertz CT molecular complexity index is 167. The van der Waals surface area contributed by atoms with Gasteiger partial charge < -0.3 is 10.6 Å². The highest BCUT2D eigenvalue weighted by Crippen LogP contribution is 1.74. The number of hydrogen-bond donors (Lipinski definition) is 2. The zero-order valence-corrected chi connectivity index (χ0v) is 7.39. The van der Waals surface area contributed by atoms with Gasteiger partial charge in [-0.15, -0.1) is 0 Å². The van der Waals surface area contributed by atoms with E-state index in [0.717, 1.165) is 0 Å². The van der Waals surface area contributed by atoms with Crippen molar-refractivity contribution in [3.05, 3.63) is 12.2 Å². The average molecular weight is 170 g/mol. The number of amides is 2. The van der Waals surface area contributed by atoms with E-state index >= 15 is 0 Å². The lowest BCUT2D eigenvalue weighted by Crippen LogP contribution is -2.23. The first kappa shape index (κ1) is 10.7. The smallest absolute Gasteiger partial charge is 0.244 e. The second kappa shape index (κ2) is 6.39. The summed E-state index contributed by atoms with van der Waals surface area (Å²) in [5.74, 6) is -0.493. The van der Waals surface area contributed by atoms with E-state index in [4.69, 9.17) is 0 Å². The molecule has 0 unspecified atom stereocenters. The second-order valence-corrected chi connectivity index (χ2v) is 2.12. The standard InChI is InChI=1S/C8H14N2O2/c1-3-9-7(11)5-6-8(12)10-4-2/h5-6H,3-4H2,1-2H3,(H,9,11)(H,10,12)/b6-5+. The third-order valence-corrected chi connectivity index (χ3v) is 1.09. The van der Waals surface area contributed by atoms with E-state index in [2.05, 4.69) is 10.6 Å². The molecule has 0 atom stereocenters. The number of rotatable bonds is 4. The maximum Gasteiger partial charge on any atom is 0.244 e. The molecule has 0 aliphatic carbocycles. The molecule has 0 aromatic heterocycles. The molecule has 0 saturated carbocycles. The molecule has 0 aliphatic heterocycles. The molecule has 0 spiro atoms. The van der Waals surface area contributed by atoms with Crippen LogP contribution >= 0.6 is 0 Å². The van der Waals surface area contributed by atoms with Gasteiger partial charge in [0.25, 0.3) is 0 Å². The van der Waals surface area contributed by atoms with Gasteiger partial charge in [-0.05, 0) is 13.8 Å². The lowest BCUT2D eigenvalue weighted by atomic mass is 10.4. The molecule has 2 N–H and O–H groups in total. The van der Waals surface area contributed by atoms with Crippen molar-refractivity contribution in [2.75, 3.05) is 13.1 Å². The van der Waals surface area contributed by atoms with Crippen molar-refractivity contribution in [1.29, 1.82) is 0 Å². The fourth-order valence-corrected chi connectivity index (χ4v) is 0.618. The highest BCUT2D eigenvalue weighted by molar-refractivity contribution is 5.96. The molecule has 0 saturated heterocycles. The number of nitrogens with one attached hydrogen (secondary N) is 2. The summed E-state index contributed by atoms with van der Waals surface area (Å²) in [6.45, 7) is 4.77. The van der Waals surface area contributed by atoms with Gasteiger partial charge in [0.05, 0.1) is 0 Å². The molecule has 4 nitrogen and oxygen atoms in total. The fraction of sp³-hybridized carbons (Fsp3) is 0.500. The van der Waals surface area contributed by atoms with E-state index < -0.39 is 0 Å². The summed E-state index contributed by atoms with van der Waals surface area (Å²) in [5.41, 5.74) is 0. The normalized spacial score (nSPS) is 9.83. The van der Waals surface area contributed by atoms with Crippen LogP contribution in [-0.2, 0) is 9.59 Å². The summed E-state index contributed by atoms with van der Waals surface area (Å²) in [4.78, 5) is 21.5. The monoisotopic (exact) mass is 170 g/mol. The highest BCUT2D eigenvalue weighted by atomic mass is 16.2. The Morgan fingerprint density at radius 1 is 1.00 bits per heavy atom. The van der Waals surface area contributed by atoms with Gasteiger partial charge in [-0.3, -0.25) is 9.59 Å². The Hall–Kier alpha value is -1.32. The van der Waals surface area contributed by atoms with E-state index in [0.29, 0.717) is 13.1 Å². The van der Waals surface area contributed by atoms with Gasteiger partial charge in [0, 0.05) is 25.2 Å². The molecule has 0 bridgehead atoms. The topological polar surface area (TPSA) is 58.2 Å². The van der Waals surface area contributed by atoms with E-state index in [-0.39, 0.29) is 11.8 Å². The zero-order valence-electron chi connectivity index (χ0n) is 7.39. The van der Waals surface area contributed by atoms with Crippen LogP contribution in [0.2, 0.25) is 0 Å². The molecular weight excluding hydrogens is 156 g/mol. The molecule has 4 heteroatoms. The van der Waals surface area contributed by atoms with Crippen molar-refractivity contribution in [3.8, 4) is 0 Å². The van der Waals surface area contributed by atoms with Crippen LogP contribution in [0.1, 0.15) is 13.8 Å². The van der Waals surface area contributed by atoms with E-state index in [9.17, 15) is 9.59 Å². The van der Waals surface area contributed by atoms with Crippen LogP contribution in [0.15, 0.2) is 12.2 Å². The molecule has 0 aliphatic rings. The zero-order chi connectivity index (χ0) is 9.40. The molecule has 0 aromatic carbocycles. The summed E-state index contributed by atoms with van der Waals surface area (Å²) in [6, 6.07) is 0. The first-order valence-corrected chi connectivity index (χ1v) is 3.94. The highest BCUT2D eigenvalue weighted by Gasteiger charge is 1.94. The van der Waals surface area contributed by atoms with Crippen LogP contribution in [0.25, 0.3) is 0 Å². The first-order chi connectivity index (χ1) is 5.70. The lowest BCUT2D eigenvalue weighted by Gasteiger charge is -1.95. The minimum Gasteiger partial charge on any atom is -0.353 e. The molecule has 0 rings (SSSR count). The van der Waals surface area contributed by atoms with Gasteiger partial charge in [-0.1, -0.05) is 0 Å². The Morgan fingerprint density at radius 3 is 1.58 bits per heavy atom. The number of carbonyl (C=O) groups is 2. The van der Waals surface area contributed by atoms with Crippen molar-refractivity contribution < 1.29 is 9.59 Å². The van der Waals surface area contributed by atoms with Crippen LogP contribution in [0.5, 0.6) is 0 Å². The average Bonchev–Trinajstić information content (AvgIpc) is 2.02. The summed E-state index contributed by atoms with van der Waals surface area (Å²) in [6.07, 6.45) is 2.43. The third-order valence-electron chi connectivity index (χ3n) is 1.09. The van der Waals surface area contributed by atoms with Gasteiger partial charge >= 0.3 is 0 Å². The SMILES string of the molecule is CCNC(=O)/C=C/C(=O)NCC. The number of likely N-dealkylation sites (N-methyl/N-ethyl adjacent to an activating group) is 2. The minimum atomic E-state index is -0.247.